The van der Waals surface area contributed by atoms with Crippen LogP contribution < -0.4 is 5.32 Å². The summed E-state index contributed by atoms with van der Waals surface area (Å²) in [5, 5.41) is 13.9. The quantitative estimate of drug-likeness (QED) is 0.684. The molecule has 0 bridgehead atoms. The van der Waals surface area contributed by atoms with Gasteiger partial charge in [0.15, 0.2) is 0 Å². The maximum atomic E-state index is 12.0. The number of aromatic nitrogens is 1. The van der Waals surface area contributed by atoms with E-state index in [1.807, 2.05) is 20.8 Å². The maximum absolute atomic E-state index is 12.0. The van der Waals surface area contributed by atoms with Crippen molar-refractivity contribution in [2.75, 3.05) is 11.9 Å². The van der Waals surface area contributed by atoms with Gasteiger partial charge in [0.1, 0.15) is 12.0 Å². The molecule has 1 amide bonds. The third-order valence-electron chi connectivity index (χ3n) is 3.31. The lowest BCUT2D eigenvalue weighted by Gasteiger charge is -2.32. The van der Waals surface area contributed by atoms with E-state index in [1.54, 1.807) is 4.90 Å². The summed E-state index contributed by atoms with van der Waals surface area (Å²) in [5.74, 6) is 0.425. The number of hydrogen-bond acceptors (Lipinski definition) is 5. The van der Waals surface area contributed by atoms with Crippen LogP contribution in [-0.2, 0) is 4.79 Å². The molecule has 1 aliphatic heterocycles. The second-order valence-corrected chi connectivity index (χ2v) is 6.41. The molecular formula is C13H17ClN4O3. The van der Waals surface area contributed by atoms with Gasteiger partial charge in [-0.1, -0.05) is 11.6 Å². The van der Waals surface area contributed by atoms with Crippen molar-refractivity contribution in [3.63, 3.8) is 0 Å². The summed E-state index contributed by atoms with van der Waals surface area (Å²) in [6, 6.07) is 1.14. The second kappa shape index (κ2) is 5.48. The highest BCUT2D eigenvalue weighted by molar-refractivity contribution is 6.33. The Kier molecular flexibility index (Phi) is 4.04. The van der Waals surface area contributed by atoms with Gasteiger partial charge >= 0.3 is 0 Å². The van der Waals surface area contributed by atoms with E-state index in [2.05, 4.69) is 10.3 Å². The largest absolute Gasteiger partial charge is 0.364 e. The molecule has 2 heterocycles. The average Bonchev–Trinajstić information content (AvgIpc) is 2.72. The number of halogens is 1. The summed E-state index contributed by atoms with van der Waals surface area (Å²) in [6.07, 6.45) is 1.50. The minimum Gasteiger partial charge on any atom is -0.364 e. The zero-order valence-electron chi connectivity index (χ0n) is 12.1. The molecule has 0 saturated carbocycles. The Labute approximate surface area is 127 Å². The molecule has 0 aliphatic carbocycles. The fraction of sp³-hybridized carbons (Fsp3) is 0.538. The molecule has 0 radical (unpaired) electrons. The lowest BCUT2D eigenvalue weighted by Crippen LogP contribution is -2.43. The van der Waals surface area contributed by atoms with Gasteiger partial charge in [-0.15, -0.1) is 0 Å². The number of likely N-dealkylation sites (tertiary alicyclic amines) is 1. The molecule has 8 heteroatoms. The van der Waals surface area contributed by atoms with Gasteiger partial charge in [0.2, 0.25) is 5.91 Å². The highest BCUT2D eigenvalue weighted by Gasteiger charge is 2.36. The van der Waals surface area contributed by atoms with Crippen molar-refractivity contribution in [2.24, 2.45) is 0 Å². The first kappa shape index (κ1) is 15.5. The Morgan fingerprint density at radius 3 is 2.67 bits per heavy atom. The van der Waals surface area contributed by atoms with E-state index in [9.17, 15) is 14.9 Å². The maximum Gasteiger partial charge on any atom is 0.289 e. The van der Waals surface area contributed by atoms with E-state index in [4.69, 9.17) is 11.6 Å². The number of rotatable bonds is 3. The van der Waals surface area contributed by atoms with E-state index in [0.29, 0.717) is 18.8 Å². The van der Waals surface area contributed by atoms with Gasteiger partial charge in [0.05, 0.1) is 16.0 Å². The summed E-state index contributed by atoms with van der Waals surface area (Å²) in [6.45, 7) is 6.48. The highest BCUT2D eigenvalue weighted by Crippen LogP contribution is 2.28. The number of amides is 1. The van der Waals surface area contributed by atoms with Gasteiger partial charge in [0, 0.05) is 24.6 Å². The van der Waals surface area contributed by atoms with Gasteiger partial charge in [-0.25, -0.2) is 4.98 Å². The minimum atomic E-state index is -0.552. The number of nitro groups is 1. The van der Waals surface area contributed by atoms with Crippen molar-refractivity contribution in [2.45, 2.75) is 38.8 Å². The lowest BCUT2D eigenvalue weighted by molar-refractivity contribution is -0.385. The van der Waals surface area contributed by atoms with Crippen LogP contribution in [0, 0.1) is 10.1 Å². The standard InChI is InChI=1S/C13H17ClN4O3/c1-13(2,3)17-7-8(4-11(17)19)16-12-10(14)5-9(6-15-12)18(20)21/h5-6,8H,4,7H2,1-3H3,(H,15,16). The van der Waals surface area contributed by atoms with Crippen LogP contribution in [0.1, 0.15) is 27.2 Å². The summed E-state index contributed by atoms with van der Waals surface area (Å²) >= 11 is 5.99. The van der Waals surface area contributed by atoms with E-state index in [-0.39, 0.29) is 28.2 Å². The first-order chi connectivity index (χ1) is 9.68. The number of carbonyl (C=O) groups is 1. The number of nitrogens with one attached hydrogen (secondary N) is 1. The number of nitrogens with zero attached hydrogens (tertiary/aromatic N) is 3. The van der Waals surface area contributed by atoms with Crippen molar-refractivity contribution in [3.8, 4) is 0 Å². The fourth-order valence-corrected chi connectivity index (χ4v) is 2.49. The SMILES string of the molecule is CC(C)(C)N1CC(Nc2ncc([N+](=O)[O-])cc2Cl)CC1=O. The second-order valence-electron chi connectivity index (χ2n) is 6.00. The minimum absolute atomic E-state index is 0.0676. The number of pyridine rings is 1. The Hall–Kier alpha value is -1.89. The zero-order valence-corrected chi connectivity index (χ0v) is 12.8. The predicted molar refractivity (Wildman–Crippen MR) is 79.4 cm³/mol. The fourth-order valence-electron chi connectivity index (χ4n) is 2.28. The van der Waals surface area contributed by atoms with Crippen LogP contribution in [-0.4, -0.2) is 38.8 Å². The molecule has 1 atom stereocenters. The molecule has 0 aromatic carbocycles. The molecule has 1 aromatic heterocycles. The molecule has 2 rings (SSSR count). The summed E-state index contributed by atoms with van der Waals surface area (Å²) in [4.78, 5) is 27.8. The third-order valence-corrected chi connectivity index (χ3v) is 3.60. The molecule has 1 unspecified atom stereocenters. The number of carbonyl (C=O) groups excluding carboxylic acids is 1. The lowest BCUT2D eigenvalue weighted by atomic mass is 10.1. The first-order valence-electron chi connectivity index (χ1n) is 6.55. The molecule has 1 aliphatic rings. The van der Waals surface area contributed by atoms with E-state index in [0.717, 1.165) is 6.20 Å². The average molecular weight is 313 g/mol. The van der Waals surface area contributed by atoms with Gasteiger partial charge in [0.25, 0.3) is 5.69 Å². The molecule has 1 aromatic rings. The van der Waals surface area contributed by atoms with E-state index < -0.39 is 4.92 Å². The van der Waals surface area contributed by atoms with Gasteiger partial charge in [-0.2, -0.15) is 0 Å². The third kappa shape index (κ3) is 3.41. The van der Waals surface area contributed by atoms with Crippen LogP contribution in [0.15, 0.2) is 12.3 Å². The monoisotopic (exact) mass is 312 g/mol. The van der Waals surface area contributed by atoms with Crippen molar-refractivity contribution >= 4 is 29.0 Å². The Morgan fingerprint density at radius 2 is 2.19 bits per heavy atom. The smallest absolute Gasteiger partial charge is 0.289 e. The normalized spacial score (nSPS) is 19.0. The summed E-state index contributed by atoms with van der Waals surface area (Å²) < 4.78 is 0. The van der Waals surface area contributed by atoms with Crippen molar-refractivity contribution < 1.29 is 9.72 Å². The van der Waals surface area contributed by atoms with Crippen molar-refractivity contribution in [3.05, 3.63) is 27.4 Å². The van der Waals surface area contributed by atoms with E-state index >= 15 is 0 Å². The molecule has 7 nitrogen and oxygen atoms in total. The van der Waals surface area contributed by atoms with Crippen LogP contribution in [0.5, 0.6) is 0 Å². The molecule has 1 N–H and O–H groups in total. The van der Waals surface area contributed by atoms with Crippen LogP contribution in [0.2, 0.25) is 5.02 Å². The van der Waals surface area contributed by atoms with Crippen LogP contribution >= 0.6 is 11.6 Å². The van der Waals surface area contributed by atoms with Gasteiger partial charge in [-0.3, -0.25) is 14.9 Å². The molecule has 1 fully saturated rings. The Bertz CT molecular complexity index is 585. The molecule has 114 valence electrons. The van der Waals surface area contributed by atoms with Crippen LogP contribution in [0.4, 0.5) is 11.5 Å². The molecule has 0 spiro atoms. The molecule has 1 saturated heterocycles. The Morgan fingerprint density at radius 1 is 1.52 bits per heavy atom. The van der Waals surface area contributed by atoms with Gasteiger partial charge < -0.3 is 10.2 Å². The summed E-state index contributed by atoms with van der Waals surface area (Å²) in [7, 11) is 0. The topological polar surface area (TPSA) is 88.4 Å². The molecular weight excluding hydrogens is 296 g/mol. The highest BCUT2D eigenvalue weighted by atomic mass is 35.5. The van der Waals surface area contributed by atoms with Gasteiger partial charge in [-0.05, 0) is 20.8 Å². The van der Waals surface area contributed by atoms with Crippen LogP contribution in [0.25, 0.3) is 0 Å². The molecule has 21 heavy (non-hydrogen) atoms. The zero-order chi connectivity index (χ0) is 15.8. The van der Waals surface area contributed by atoms with Crippen molar-refractivity contribution in [1.82, 2.24) is 9.88 Å². The van der Waals surface area contributed by atoms with Crippen molar-refractivity contribution in [1.29, 1.82) is 0 Å². The summed E-state index contributed by atoms with van der Waals surface area (Å²) in [5.41, 5.74) is -0.399. The predicted octanol–water partition coefficient (Wildman–Crippen LogP) is 2.45. The van der Waals surface area contributed by atoms with E-state index in [1.165, 1.54) is 6.07 Å². The number of anilines is 1. The first-order valence-corrected chi connectivity index (χ1v) is 6.93. The Balaban J connectivity index is 2.10. The number of hydrogen-bond donors (Lipinski definition) is 1. The van der Waals surface area contributed by atoms with Crippen LogP contribution in [0.3, 0.4) is 0 Å².